The Morgan fingerprint density at radius 2 is 1.94 bits per heavy atom. The van der Waals surface area contributed by atoms with Gasteiger partial charge in [-0.1, -0.05) is 23.8 Å². The first-order valence-electron chi connectivity index (χ1n) is 5.15. The molecular formula is C13H14N2O. The minimum Gasteiger partial charge on any atom is -0.467 e. The van der Waals surface area contributed by atoms with E-state index in [1.54, 1.807) is 13.3 Å². The van der Waals surface area contributed by atoms with E-state index in [1.807, 2.05) is 6.07 Å². The number of methoxy groups -OCH3 is 1. The van der Waals surface area contributed by atoms with Gasteiger partial charge in [0.15, 0.2) is 0 Å². The highest BCUT2D eigenvalue weighted by Gasteiger charge is 2.05. The van der Waals surface area contributed by atoms with E-state index in [4.69, 9.17) is 4.74 Å². The fraction of sp³-hybridized carbons (Fsp3) is 0.231. The number of nitrogens with zero attached hydrogens (tertiary/aromatic N) is 2. The monoisotopic (exact) mass is 214 g/mol. The van der Waals surface area contributed by atoms with Gasteiger partial charge >= 0.3 is 6.01 Å². The standard InChI is InChI=1S/C13H14N2O/c1-9-4-5-11(10(2)8-9)12-6-7-14-13(15-12)16-3/h4-8H,1-3H3. The molecule has 0 aliphatic carbocycles. The molecule has 82 valence electrons. The van der Waals surface area contributed by atoms with Crippen LogP contribution in [0.15, 0.2) is 30.5 Å². The molecule has 16 heavy (non-hydrogen) atoms. The third-order valence-corrected chi connectivity index (χ3v) is 2.47. The molecule has 0 unspecified atom stereocenters. The molecule has 1 aromatic heterocycles. The molecule has 3 nitrogen and oxygen atoms in total. The Bertz CT molecular complexity index is 509. The maximum Gasteiger partial charge on any atom is 0.316 e. The normalized spacial score (nSPS) is 10.2. The SMILES string of the molecule is COc1nccc(-c2ccc(C)cc2C)n1. The lowest BCUT2D eigenvalue weighted by Crippen LogP contribution is -1.94. The molecule has 0 atom stereocenters. The number of rotatable bonds is 2. The Morgan fingerprint density at radius 3 is 2.62 bits per heavy atom. The van der Waals surface area contributed by atoms with E-state index in [1.165, 1.54) is 11.1 Å². The van der Waals surface area contributed by atoms with Gasteiger partial charge in [0.25, 0.3) is 0 Å². The summed E-state index contributed by atoms with van der Waals surface area (Å²) >= 11 is 0. The van der Waals surface area contributed by atoms with Gasteiger partial charge in [0.05, 0.1) is 12.8 Å². The lowest BCUT2D eigenvalue weighted by Gasteiger charge is -2.06. The quantitative estimate of drug-likeness (QED) is 0.771. The van der Waals surface area contributed by atoms with Crippen LogP contribution in [-0.4, -0.2) is 17.1 Å². The number of hydrogen-bond donors (Lipinski definition) is 0. The number of hydrogen-bond acceptors (Lipinski definition) is 3. The lowest BCUT2D eigenvalue weighted by molar-refractivity contribution is 0.380. The molecule has 0 fully saturated rings. The molecule has 2 rings (SSSR count). The zero-order chi connectivity index (χ0) is 11.5. The molecular weight excluding hydrogens is 200 g/mol. The van der Waals surface area contributed by atoms with Crippen molar-refractivity contribution in [2.45, 2.75) is 13.8 Å². The fourth-order valence-corrected chi connectivity index (χ4v) is 1.69. The summed E-state index contributed by atoms with van der Waals surface area (Å²) in [7, 11) is 1.57. The second kappa shape index (κ2) is 4.31. The zero-order valence-electron chi connectivity index (χ0n) is 9.69. The summed E-state index contributed by atoms with van der Waals surface area (Å²) < 4.78 is 5.02. The van der Waals surface area contributed by atoms with E-state index in [9.17, 15) is 0 Å². The van der Waals surface area contributed by atoms with Crippen molar-refractivity contribution in [2.24, 2.45) is 0 Å². The van der Waals surface area contributed by atoms with E-state index < -0.39 is 0 Å². The van der Waals surface area contributed by atoms with E-state index in [0.29, 0.717) is 6.01 Å². The molecule has 0 aliphatic heterocycles. The first kappa shape index (κ1) is 10.6. The highest BCUT2D eigenvalue weighted by Crippen LogP contribution is 2.22. The Kier molecular flexibility index (Phi) is 2.86. The summed E-state index contributed by atoms with van der Waals surface area (Å²) in [5.41, 5.74) is 4.47. The van der Waals surface area contributed by atoms with Gasteiger partial charge in [0.1, 0.15) is 0 Å². The minimum atomic E-state index is 0.400. The molecule has 1 heterocycles. The molecule has 0 N–H and O–H groups in total. The molecule has 1 aromatic carbocycles. The van der Waals surface area contributed by atoms with Crippen LogP contribution in [0.5, 0.6) is 6.01 Å². The van der Waals surface area contributed by atoms with Crippen LogP contribution in [0, 0.1) is 13.8 Å². The summed E-state index contributed by atoms with van der Waals surface area (Å²) in [6.07, 6.45) is 1.71. The summed E-state index contributed by atoms with van der Waals surface area (Å²) in [6.45, 7) is 4.16. The predicted octanol–water partition coefficient (Wildman–Crippen LogP) is 2.77. The number of benzene rings is 1. The van der Waals surface area contributed by atoms with Crippen LogP contribution in [-0.2, 0) is 0 Å². The van der Waals surface area contributed by atoms with E-state index >= 15 is 0 Å². The van der Waals surface area contributed by atoms with Gasteiger partial charge in [0, 0.05) is 11.8 Å². The van der Waals surface area contributed by atoms with Gasteiger partial charge in [-0.25, -0.2) is 4.98 Å². The van der Waals surface area contributed by atoms with Crippen molar-refractivity contribution >= 4 is 0 Å². The van der Waals surface area contributed by atoms with E-state index in [0.717, 1.165) is 11.3 Å². The molecule has 0 amide bonds. The molecule has 3 heteroatoms. The summed E-state index contributed by atoms with van der Waals surface area (Å²) in [5.74, 6) is 0. The van der Waals surface area contributed by atoms with Crippen molar-refractivity contribution in [3.8, 4) is 17.3 Å². The van der Waals surface area contributed by atoms with Crippen molar-refractivity contribution in [3.63, 3.8) is 0 Å². The van der Waals surface area contributed by atoms with Crippen LogP contribution in [0.1, 0.15) is 11.1 Å². The third kappa shape index (κ3) is 2.03. The highest BCUT2D eigenvalue weighted by atomic mass is 16.5. The smallest absolute Gasteiger partial charge is 0.316 e. The average Bonchev–Trinajstić information content (AvgIpc) is 2.29. The van der Waals surface area contributed by atoms with Gasteiger partial charge in [-0.2, -0.15) is 4.98 Å². The van der Waals surface area contributed by atoms with E-state index in [2.05, 4.69) is 42.0 Å². The number of ether oxygens (including phenoxy) is 1. The maximum absolute atomic E-state index is 5.02. The second-order valence-corrected chi connectivity index (χ2v) is 3.75. The topological polar surface area (TPSA) is 35.0 Å². The van der Waals surface area contributed by atoms with Crippen LogP contribution in [0.2, 0.25) is 0 Å². The van der Waals surface area contributed by atoms with Crippen molar-refractivity contribution < 1.29 is 4.74 Å². The lowest BCUT2D eigenvalue weighted by atomic mass is 10.0. The molecule has 2 aromatic rings. The first-order valence-corrected chi connectivity index (χ1v) is 5.15. The molecule has 0 bridgehead atoms. The molecule has 0 saturated heterocycles. The summed E-state index contributed by atoms with van der Waals surface area (Å²) in [5, 5.41) is 0. The fourth-order valence-electron chi connectivity index (χ4n) is 1.69. The average molecular weight is 214 g/mol. The number of aryl methyl sites for hydroxylation is 2. The first-order chi connectivity index (χ1) is 7.70. The van der Waals surface area contributed by atoms with Crippen molar-refractivity contribution in [1.82, 2.24) is 9.97 Å². The van der Waals surface area contributed by atoms with Crippen LogP contribution in [0.25, 0.3) is 11.3 Å². The van der Waals surface area contributed by atoms with Gasteiger partial charge in [0.2, 0.25) is 0 Å². The largest absolute Gasteiger partial charge is 0.467 e. The maximum atomic E-state index is 5.02. The van der Waals surface area contributed by atoms with Crippen LogP contribution in [0.3, 0.4) is 0 Å². The molecule has 0 spiro atoms. The summed E-state index contributed by atoms with van der Waals surface area (Å²) in [6, 6.07) is 8.59. The number of aromatic nitrogens is 2. The minimum absolute atomic E-state index is 0.400. The second-order valence-electron chi connectivity index (χ2n) is 3.75. The van der Waals surface area contributed by atoms with Gasteiger partial charge in [-0.3, -0.25) is 0 Å². The summed E-state index contributed by atoms with van der Waals surface area (Å²) in [4.78, 5) is 8.32. The van der Waals surface area contributed by atoms with Gasteiger partial charge in [-0.15, -0.1) is 0 Å². The third-order valence-electron chi connectivity index (χ3n) is 2.47. The van der Waals surface area contributed by atoms with Crippen LogP contribution in [0.4, 0.5) is 0 Å². The van der Waals surface area contributed by atoms with Crippen molar-refractivity contribution in [3.05, 3.63) is 41.6 Å². The van der Waals surface area contributed by atoms with Crippen molar-refractivity contribution in [2.75, 3.05) is 7.11 Å². The Hall–Kier alpha value is -1.90. The molecule has 0 saturated carbocycles. The Labute approximate surface area is 95.1 Å². The Morgan fingerprint density at radius 1 is 1.12 bits per heavy atom. The zero-order valence-corrected chi connectivity index (χ0v) is 9.69. The van der Waals surface area contributed by atoms with Crippen LogP contribution >= 0.6 is 0 Å². The van der Waals surface area contributed by atoms with Crippen molar-refractivity contribution in [1.29, 1.82) is 0 Å². The van der Waals surface area contributed by atoms with E-state index in [-0.39, 0.29) is 0 Å². The predicted molar refractivity (Wildman–Crippen MR) is 63.5 cm³/mol. The molecule has 0 radical (unpaired) electrons. The van der Waals surface area contributed by atoms with Crippen LogP contribution < -0.4 is 4.74 Å². The van der Waals surface area contributed by atoms with Gasteiger partial charge in [-0.05, 0) is 25.5 Å². The van der Waals surface area contributed by atoms with Gasteiger partial charge < -0.3 is 4.74 Å². The molecule has 0 aliphatic rings. The Balaban J connectivity index is 2.49. The highest BCUT2D eigenvalue weighted by molar-refractivity contribution is 5.63.